The number of para-hydroxylation sites is 1. The molecule has 2 aromatic rings. The zero-order chi connectivity index (χ0) is 13.6. The Hall–Kier alpha value is -1.36. The summed E-state index contributed by atoms with van der Waals surface area (Å²) in [6, 6.07) is 16.0. The molecule has 0 spiro atoms. The second-order valence-corrected chi connectivity index (χ2v) is 6.51. The molecule has 3 rings (SSSR count). The molecule has 1 amide bonds. The fourth-order valence-corrected chi connectivity index (χ4v) is 3.03. The quantitative estimate of drug-likeness (QED) is 0.694. The van der Waals surface area contributed by atoms with E-state index in [1.54, 1.807) is 0 Å². The lowest BCUT2D eigenvalue weighted by molar-refractivity contribution is -0.121. The van der Waals surface area contributed by atoms with Gasteiger partial charge in [0.25, 0.3) is 0 Å². The summed E-state index contributed by atoms with van der Waals surface area (Å²) in [5.74, 6) is 0.135. The molecule has 0 aromatic heterocycles. The van der Waals surface area contributed by atoms with E-state index in [1.165, 1.54) is 0 Å². The van der Waals surface area contributed by atoms with Crippen molar-refractivity contribution in [3.8, 4) is 0 Å². The highest BCUT2D eigenvalue weighted by molar-refractivity contribution is 14.1. The van der Waals surface area contributed by atoms with Crippen LogP contribution < -0.4 is 4.90 Å². The van der Waals surface area contributed by atoms with Crippen LogP contribution in [0.5, 0.6) is 0 Å². The van der Waals surface area contributed by atoms with Crippen molar-refractivity contribution in [2.75, 3.05) is 4.90 Å². The lowest BCUT2D eigenvalue weighted by Gasteiger charge is -2.20. The molecule has 3 heteroatoms. The Balaban J connectivity index is 2.23. The van der Waals surface area contributed by atoms with Gasteiger partial charge in [0.2, 0.25) is 5.91 Å². The number of nitrogens with zero attached hydrogens (tertiary/aromatic N) is 1. The Labute approximate surface area is 126 Å². The zero-order valence-electron chi connectivity index (χ0n) is 10.9. The Bertz CT molecular complexity index is 649. The maximum atomic E-state index is 12.7. The molecule has 0 radical (unpaired) electrons. The van der Waals surface area contributed by atoms with E-state index in [0.29, 0.717) is 0 Å². The molecule has 0 unspecified atom stereocenters. The van der Waals surface area contributed by atoms with Gasteiger partial charge in [0.15, 0.2) is 0 Å². The van der Waals surface area contributed by atoms with Crippen LogP contribution in [0.4, 0.5) is 11.4 Å². The number of rotatable bonds is 1. The van der Waals surface area contributed by atoms with Crippen LogP contribution in [0.3, 0.4) is 0 Å². The van der Waals surface area contributed by atoms with Crippen molar-refractivity contribution >= 4 is 39.9 Å². The first-order valence-electron chi connectivity index (χ1n) is 6.21. The third-order valence-corrected chi connectivity index (χ3v) is 4.30. The van der Waals surface area contributed by atoms with Crippen LogP contribution in [0.2, 0.25) is 0 Å². The van der Waals surface area contributed by atoms with Gasteiger partial charge in [-0.2, -0.15) is 0 Å². The number of amides is 1. The Morgan fingerprint density at radius 3 is 2.42 bits per heavy atom. The monoisotopic (exact) mass is 363 g/mol. The third-order valence-electron chi connectivity index (χ3n) is 3.63. The molecule has 0 fully saturated rings. The Morgan fingerprint density at radius 2 is 1.74 bits per heavy atom. The molecule has 19 heavy (non-hydrogen) atoms. The maximum Gasteiger partial charge on any atom is 0.241 e. The highest BCUT2D eigenvalue weighted by Crippen LogP contribution is 2.45. The third kappa shape index (κ3) is 1.87. The number of anilines is 2. The summed E-state index contributed by atoms with van der Waals surface area (Å²) in [6.45, 7) is 3.98. The van der Waals surface area contributed by atoms with Gasteiger partial charge < -0.3 is 0 Å². The number of benzene rings is 2. The summed E-state index contributed by atoms with van der Waals surface area (Å²) in [5, 5.41) is 0. The van der Waals surface area contributed by atoms with Crippen molar-refractivity contribution in [3.63, 3.8) is 0 Å². The molecule has 1 heterocycles. The van der Waals surface area contributed by atoms with Crippen molar-refractivity contribution in [2.45, 2.75) is 19.3 Å². The van der Waals surface area contributed by atoms with Crippen LogP contribution in [-0.2, 0) is 10.2 Å². The summed E-state index contributed by atoms with van der Waals surface area (Å²) in [5.41, 5.74) is 2.58. The Morgan fingerprint density at radius 1 is 1.05 bits per heavy atom. The van der Waals surface area contributed by atoms with E-state index in [2.05, 4.69) is 40.8 Å². The smallest absolute Gasteiger partial charge is 0.241 e. The summed E-state index contributed by atoms with van der Waals surface area (Å²) in [7, 11) is 0. The molecule has 0 saturated carbocycles. The van der Waals surface area contributed by atoms with Gasteiger partial charge in [-0.05, 0) is 66.3 Å². The maximum absolute atomic E-state index is 12.7. The van der Waals surface area contributed by atoms with Crippen LogP contribution >= 0.6 is 22.6 Å². The van der Waals surface area contributed by atoms with Crippen molar-refractivity contribution in [1.29, 1.82) is 0 Å². The highest BCUT2D eigenvalue weighted by atomic mass is 127. The summed E-state index contributed by atoms with van der Waals surface area (Å²) >= 11 is 2.28. The fourth-order valence-electron chi connectivity index (χ4n) is 2.56. The van der Waals surface area contributed by atoms with Gasteiger partial charge in [-0.25, -0.2) is 0 Å². The lowest BCUT2D eigenvalue weighted by Crippen LogP contribution is -2.33. The first-order valence-corrected chi connectivity index (χ1v) is 7.29. The van der Waals surface area contributed by atoms with E-state index < -0.39 is 5.41 Å². The first kappa shape index (κ1) is 12.7. The van der Waals surface area contributed by atoms with Crippen LogP contribution in [0.25, 0.3) is 0 Å². The van der Waals surface area contributed by atoms with E-state index in [0.717, 1.165) is 20.5 Å². The highest BCUT2D eigenvalue weighted by Gasteiger charge is 2.44. The average Bonchev–Trinajstić information content (AvgIpc) is 2.58. The van der Waals surface area contributed by atoms with Gasteiger partial charge in [-0.15, -0.1) is 0 Å². The van der Waals surface area contributed by atoms with Crippen LogP contribution in [0.15, 0.2) is 48.5 Å². The van der Waals surface area contributed by atoms with Gasteiger partial charge >= 0.3 is 0 Å². The van der Waals surface area contributed by atoms with Gasteiger partial charge in [0, 0.05) is 9.26 Å². The number of carbonyl (C=O) groups is 1. The molecule has 1 aliphatic heterocycles. The minimum absolute atomic E-state index is 0.135. The van der Waals surface area contributed by atoms with E-state index >= 15 is 0 Å². The van der Waals surface area contributed by atoms with Crippen LogP contribution in [0, 0.1) is 3.57 Å². The molecule has 96 valence electrons. The number of fused-ring (bicyclic) bond motifs is 1. The SMILES string of the molecule is CC1(C)C(=O)N(c2ccccc2)c2cc(I)ccc21. The number of hydrogen-bond donors (Lipinski definition) is 0. The minimum atomic E-state index is -0.463. The Kier molecular flexibility index (Phi) is 2.89. The van der Waals surface area contributed by atoms with Gasteiger partial charge in [0.05, 0.1) is 11.1 Å². The van der Waals surface area contributed by atoms with Crippen LogP contribution in [-0.4, -0.2) is 5.91 Å². The summed E-state index contributed by atoms with van der Waals surface area (Å²) in [4.78, 5) is 14.6. The second kappa shape index (κ2) is 4.34. The fraction of sp³-hybridized carbons (Fsp3) is 0.188. The van der Waals surface area contributed by atoms with Gasteiger partial charge in [-0.1, -0.05) is 24.3 Å². The zero-order valence-corrected chi connectivity index (χ0v) is 13.0. The van der Waals surface area contributed by atoms with Crippen molar-refractivity contribution < 1.29 is 4.79 Å². The second-order valence-electron chi connectivity index (χ2n) is 5.26. The standard InChI is InChI=1S/C16H14INO/c1-16(2)13-9-8-11(17)10-14(13)18(15(16)19)12-6-4-3-5-7-12/h3-10H,1-2H3. The predicted octanol–water partition coefficient (Wildman–Crippen LogP) is 4.25. The molecule has 0 N–H and O–H groups in total. The largest absolute Gasteiger partial charge is 0.280 e. The van der Waals surface area contributed by atoms with Crippen LogP contribution in [0.1, 0.15) is 19.4 Å². The first-order chi connectivity index (χ1) is 9.01. The molecule has 1 aliphatic rings. The van der Waals surface area contributed by atoms with E-state index in [1.807, 2.05) is 49.1 Å². The molecular formula is C16H14INO. The van der Waals surface area contributed by atoms with Gasteiger partial charge in [0.1, 0.15) is 0 Å². The number of hydrogen-bond acceptors (Lipinski definition) is 1. The van der Waals surface area contributed by atoms with Crippen molar-refractivity contribution in [2.24, 2.45) is 0 Å². The topological polar surface area (TPSA) is 20.3 Å². The molecule has 0 aliphatic carbocycles. The number of carbonyl (C=O) groups excluding carboxylic acids is 1. The minimum Gasteiger partial charge on any atom is -0.280 e. The summed E-state index contributed by atoms with van der Waals surface area (Å²) in [6.07, 6.45) is 0. The summed E-state index contributed by atoms with van der Waals surface area (Å²) < 4.78 is 1.14. The van der Waals surface area contributed by atoms with Crippen molar-refractivity contribution in [3.05, 3.63) is 57.7 Å². The average molecular weight is 363 g/mol. The van der Waals surface area contributed by atoms with E-state index in [-0.39, 0.29) is 5.91 Å². The lowest BCUT2D eigenvalue weighted by atomic mass is 9.86. The molecule has 0 atom stereocenters. The molecule has 0 bridgehead atoms. The normalized spacial score (nSPS) is 16.6. The van der Waals surface area contributed by atoms with E-state index in [4.69, 9.17) is 0 Å². The molecule has 2 aromatic carbocycles. The molecule has 2 nitrogen and oxygen atoms in total. The number of halogens is 1. The van der Waals surface area contributed by atoms with E-state index in [9.17, 15) is 4.79 Å². The molecular weight excluding hydrogens is 349 g/mol. The predicted molar refractivity (Wildman–Crippen MR) is 85.8 cm³/mol. The van der Waals surface area contributed by atoms with Crippen molar-refractivity contribution in [1.82, 2.24) is 0 Å². The molecule has 0 saturated heterocycles. The van der Waals surface area contributed by atoms with Gasteiger partial charge in [-0.3, -0.25) is 9.69 Å².